The Morgan fingerprint density at radius 1 is 1.26 bits per heavy atom. The van der Waals surface area contributed by atoms with Crippen LogP contribution in [0.1, 0.15) is 53.9 Å². The lowest BCUT2D eigenvalue weighted by molar-refractivity contribution is -0.126. The third kappa shape index (κ3) is 4.51. The molecule has 1 saturated heterocycles. The van der Waals surface area contributed by atoms with Gasteiger partial charge in [0.1, 0.15) is 11.4 Å². The van der Waals surface area contributed by atoms with Crippen LogP contribution in [0.4, 0.5) is 4.79 Å². The molecule has 0 aromatic carbocycles. The van der Waals surface area contributed by atoms with Crippen LogP contribution in [0, 0.1) is 11.8 Å². The fraction of sp³-hybridized carbons (Fsp3) is 0.867. The molecule has 0 aromatic rings. The van der Waals surface area contributed by atoms with E-state index in [-0.39, 0.29) is 17.9 Å². The van der Waals surface area contributed by atoms with E-state index in [4.69, 9.17) is 4.74 Å². The third-order valence-electron chi connectivity index (χ3n) is 3.67. The van der Waals surface area contributed by atoms with Gasteiger partial charge in [0, 0.05) is 25.4 Å². The average Bonchev–Trinajstić information content (AvgIpc) is 2.35. The molecule has 4 nitrogen and oxygen atoms in total. The van der Waals surface area contributed by atoms with Crippen LogP contribution in [0.15, 0.2) is 0 Å². The Bertz CT molecular complexity index is 333. The van der Waals surface area contributed by atoms with Crippen molar-refractivity contribution in [2.75, 3.05) is 13.1 Å². The Morgan fingerprint density at radius 2 is 1.89 bits per heavy atom. The summed E-state index contributed by atoms with van der Waals surface area (Å²) in [6.45, 7) is 10.9. The van der Waals surface area contributed by atoms with Gasteiger partial charge in [-0.3, -0.25) is 4.79 Å². The highest BCUT2D eigenvalue weighted by Crippen LogP contribution is 2.28. The highest BCUT2D eigenvalue weighted by atomic mass is 16.6. The van der Waals surface area contributed by atoms with Crippen LogP contribution in [0.3, 0.4) is 0 Å². The van der Waals surface area contributed by atoms with Crippen molar-refractivity contribution in [1.82, 2.24) is 4.90 Å². The monoisotopic (exact) mass is 269 g/mol. The number of amides is 1. The standard InChI is InChI=1S/C15H27NO3/c1-6-11-10-16(14(18)19-15(3,4)5)9-8-12(11)13(17)7-2/h11-12H,6-10H2,1-5H3. The molecule has 0 N–H and O–H groups in total. The summed E-state index contributed by atoms with van der Waals surface area (Å²) < 4.78 is 5.39. The zero-order chi connectivity index (χ0) is 14.6. The van der Waals surface area contributed by atoms with E-state index in [1.807, 2.05) is 27.7 Å². The first-order chi connectivity index (χ1) is 8.78. The number of hydrogen-bond donors (Lipinski definition) is 0. The van der Waals surface area contributed by atoms with Gasteiger partial charge in [-0.1, -0.05) is 20.3 Å². The molecule has 1 heterocycles. The molecule has 1 amide bonds. The molecule has 1 fully saturated rings. The number of carbonyl (C=O) groups excluding carboxylic acids is 2. The lowest BCUT2D eigenvalue weighted by Gasteiger charge is -2.38. The molecular weight excluding hydrogens is 242 g/mol. The predicted octanol–water partition coefficient (Wildman–Crippen LogP) is 3.25. The van der Waals surface area contributed by atoms with Crippen LogP contribution in [0.25, 0.3) is 0 Å². The fourth-order valence-electron chi connectivity index (χ4n) is 2.62. The van der Waals surface area contributed by atoms with Crippen LogP contribution in [-0.2, 0) is 9.53 Å². The number of piperidine rings is 1. The third-order valence-corrected chi connectivity index (χ3v) is 3.67. The summed E-state index contributed by atoms with van der Waals surface area (Å²) in [4.78, 5) is 25.7. The Hall–Kier alpha value is -1.06. The SMILES string of the molecule is CCC(=O)C1CCN(C(=O)OC(C)(C)C)CC1CC. The van der Waals surface area contributed by atoms with Crippen LogP contribution < -0.4 is 0 Å². The number of likely N-dealkylation sites (tertiary alicyclic amines) is 1. The first-order valence-electron chi connectivity index (χ1n) is 7.29. The molecule has 2 atom stereocenters. The van der Waals surface area contributed by atoms with Gasteiger partial charge >= 0.3 is 6.09 Å². The summed E-state index contributed by atoms with van der Waals surface area (Å²) in [6, 6.07) is 0. The van der Waals surface area contributed by atoms with E-state index < -0.39 is 5.60 Å². The smallest absolute Gasteiger partial charge is 0.410 e. The molecule has 0 bridgehead atoms. The van der Waals surface area contributed by atoms with Gasteiger partial charge in [-0.25, -0.2) is 4.79 Å². The predicted molar refractivity (Wildman–Crippen MR) is 75.0 cm³/mol. The van der Waals surface area contributed by atoms with E-state index in [1.165, 1.54) is 0 Å². The summed E-state index contributed by atoms with van der Waals surface area (Å²) in [7, 11) is 0. The average molecular weight is 269 g/mol. The summed E-state index contributed by atoms with van der Waals surface area (Å²) in [5.74, 6) is 0.720. The number of ether oxygens (including phenoxy) is 1. The lowest BCUT2D eigenvalue weighted by Crippen LogP contribution is -2.47. The van der Waals surface area contributed by atoms with E-state index in [2.05, 4.69) is 6.92 Å². The van der Waals surface area contributed by atoms with Gasteiger partial charge in [-0.2, -0.15) is 0 Å². The quantitative estimate of drug-likeness (QED) is 0.790. The molecular formula is C15H27NO3. The number of hydrogen-bond acceptors (Lipinski definition) is 3. The van der Waals surface area contributed by atoms with Gasteiger partial charge in [0.25, 0.3) is 0 Å². The van der Waals surface area contributed by atoms with E-state index in [0.717, 1.165) is 12.8 Å². The van der Waals surface area contributed by atoms with Crippen molar-refractivity contribution in [2.45, 2.75) is 59.5 Å². The topological polar surface area (TPSA) is 46.6 Å². The van der Waals surface area contributed by atoms with Gasteiger partial charge in [0.2, 0.25) is 0 Å². The van der Waals surface area contributed by atoms with Crippen molar-refractivity contribution in [3.63, 3.8) is 0 Å². The summed E-state index contributed by atoms with van der Waals surface area (Å²) >= 11 is 0. The number of nitrogens with zero attached hydrogens (tertiary/aromatic N) is 1. The molecule has 0 aliphatic carbocycles. The van der Waals surface area contributed by atoms with Crippen molar-refractivity contribution in [3.8, 4) is 0 Å². The Labute approximate surface area is 116 Å². The molecule has 1 aliphatic heterocycles. The van der Waals surface area contributed by atoms with Crippen molar-refractivity contribution >= 4 is 11.9 Å². The van der Waals surface area contributed by atoms with Gasteiger partial charge in [-0.05, 0) is 33.1 Å². The van der Waals surface area contributed by atoms with Crippen LogP contribution in [-0.4, -0.2) is 35.5 Å². The molecule has 110 valence electrons. The summed E-state index contributed by atoms with van der Waals surface area (Å²) in [5, 5.41) is 0. The van der Waals surface area contributed by atoms with E-state index in [1.54, 1.807) is 4.90 Å². The molecule has 0 saturated carbocycles. The maximum atomic E-state index is 12.0. The van der Waals surface area contributed by atoms with E-state index in [0.29, 0.717) is 25.3 Å². The van der Waals surface area contributed by atoms with Gasteiger partial charge in [0.15, 0.2) is 0 Å². The molecule has 0 spiro atoms. The Kier molecular flexibility index (Phi) is 5.39. The zero-order valence-electron chi connectivity index (χ0n) is 12.9. The largest absolute Gasteiger partial charge is 0.444 e. The van der Waals surface area contributed by atoms with Crippen molar-refractivity contribution < 1.29 is 14.3 Å². The van der Waals surface area contributed by atoms with Crippen molar-refractivity contribution in [2.24, 2.45) is 11.8 Å². The van der Waals surface area contributed by atoms with Gasteiger partial charge in [-0.15, -0.1) is 0 Å². The van der Waals surface area contributed by atoms with Gasteiger partial charge in [0.05, 0.1) is 0 Å². The van der Waals surface area contributed by atoms with Gasteiger partial charge < -0.3 is 9.64 Å². The molecule has 4 heteroatoms. The molecule has 1 rings (SSSR count). The molecule has 0 aromatic heterocycles. The minimum Gasteiger partial charge on any atom is -0.444 e. The van der Waals surface area contributed by atoms with Crippen LogP contribution in [0.5, 0.6) is 0 Å². The number of ketones is 1. The molecule has 1 aliphatic rings. The van der Waals surface area contributed by atoms with Crippen LogP contribution >= 0.6 is 0 Å². The lowest BCUT2D eigenvalue weighted by atomic mass is 9.80. The van der Waals surface area contributed by atoms with Crippen molar-refractivity contribution in [1.29, 1.82) is 0 Å². The molecule has 2 unspecified atom stereocenters. The highest BCUT2D eigenvalue weighted by molar-refractivity contribution is 5.81. The Morgan fingerprint density at radius 3 is 2.37 bits per heavy atom. The Balaban J connectivity index is 2.64. The zero-order valence-corrected chi connectivity index (χ0v) is 12.9. The second-order valence-electron chi connectivity index (χ2n) is 6.31. The first-order valence-corrected chi connectivity index (χ1v) is 7.29. The van der Waals surface area contributed by atoms with Crippen molar-refractivity contribution in [3.05, 3.63) is 0 Å². The van der Waals surface area contributed by atoms with E-state index in [9.17, 15) is 9.59 Å². The second-order valence-corrected chi connectivity index (χ2v) is 6.31. The summed E-state index contributed by atoms with van der Waals surface area (Å²) in [6.07, 6.45) is 2.03. The highest BCUT2D eigenvalue weighted by Gasteiger charge is 2.35. The molecule has 0 radical (unpaired) electrons. The summed E-state index contributed by atoms with van der Waals surface area (Å²) in [5.41, 5.74) is -0.463. The second kappa shape index (κ2) is 6.40. The minimum atomic E-state index is -0.463. The number of Topliss-reactive ketones (excluding diaryl/α,β-unsaturated/α-hetero) is 1. The fourth-order valence-corrected chi connectivity index (χ4v) is 2.62. The number of rotatable bonds is 3. The maximum Gasteiger partial charge on any atom is 0.410 e. The van der Waals surface area contributed by atoms with E-state index >= 15 is 0 Å². The normalized spacial score (nSPS) is 24.2. The molecule has 19 heavy (non-hydrogen) atoms. The number of carbonyl (C=O) groups is 2. The maximum absolute atomic E-state index is 12.0. The van der Waals surface area contributed by atoms with Crippen LogP contribution in [0.2, 0.25) is 0 Å². The minimum absolute atomic E-state index is 0.119. The first kappa shape index (κ1) is 16.0.